The first-order valence-corrected chi connectivity index (χ1v) is 13.3. The quantitative estimate of drug-likeness (QED) is 0.460. The van der Waals surface area contributed by atoms with Gasteiger partial charge in [-0.25, -0.2) is 4.98 Å². The van der Waals surface area contributed by atoms with Crippen LogP contribution in [0.25, 0.3) is 10.2 Å². The number of carbonyl (C=O) groups excluding carboxylic acids is 2. The van der Waals surface area contributed by atoms with E-state index in [1.807, 2.05) is 34.9 Å². The molecule has 0 spiro atoms. The van der Waals surface area contributed by atoms with Crippen molar-refractivity contribution in [1.29, 1.82) is 0 Å². The zero-order valence-electron chi connectivity index (χ0n) is 20.1. The predicted molar refractivity (Wildman–Crippen MR) is 136 cm³/mol. The molecule has 0 N–H and O–H groups in total. The molecule has 2 amide bonds. The normalized spacial score (nSPS) is 18.1. The van der Waals surface area contributed by atoms with E-state index in [2.05, 4.69) is 6.07 Å². The second kappa shape index (κ2) is 10.6. The van der Waals surface area contributed by atoms with Gasteiger partial charge >= 0.3 is 0 Å². The van der Waals surface area contributed by atoms with Gasteiger partial charge in [-0.1, -0.05) is 12.1 Å². The van der Waals surface area contributed by atoms with Gasteiger partial charge in [0.05, 0.1) is 22.9 Å². The first kappa shape index (κ1) is 23.6. The van der Waals surface area contributed by atoms with E-state index >= 15 is 0 Å². The number of hydrogen-bond acceptors (Lipinski definition) is 6. The number of aromatic nitrogens is 1. The molecule has 1 atom stereocenters. The van der Waals surface area contributed by atoms with Gasteiger partial charge < -0.3 is 19.3 Å². The molecule has 2 aliphatic rings. The molecule has 7 nitrogen and oxygen atoms in total. The van der Waals surface area contributed by atoms with Crippen LogP contribution in [0.4, 0.5) is 0 Å². The highest BCUT2D eigenvalue weighted by Gasteiger charge is 2.33. The summed E-state index contributed by atoms with van der Waals surface area (Å²) in [5.41, 5.74) is 1.53. The Morgan fingerprint density at radius 2 is 1.83 bits per heavy atom. The summed E-state index contributed by atoms with van der Waals surface area (Å²) >= 11 is 1.66. The van der Waals surface area contributed by atoms with Crippen molar-refractivity contribution in [2.24, 2.45) is 0 Å². The fourth-order valence-electron chi connectivity index (χ4n) is 4.87. The number of likely N-dealkylation sites (tertiary alicyclic amines) is 2. The van der Waals surface area contributed by atoms with E-state index in [0.29, 0.717) is 30.2 Å². The minimum atomic E-state index is -0.0383. The molecule has 2 aromatic carbocycles. The lowest BCUT2D eigenvalue weighted by Crippen LogP contribution is -2.38. The van der Waals surface area contributed by atoms with Gasteiger partial charge in [0.25, 0.3) is 11.8 Å². The summed E-state index contributed by atoms with van der Waals surface area (Å²) in [7, 11) is 0. The molecule has 8 heteroatoms. The molecule has 0 saturated carbocycles. The van der Waals surface area contributed by atoms with Crippen molar-refractivity contribution >= 4 is 33.4 Å². The molecule has 0 bridgehead atoms. The number of carbonyl (C=O) groups is 2. The van der Waals surface area contributed by atoms with Crippen LogP contribution in [0.3, 0.4) is 0 Å². The second-order valence-corrected chi connectivity index (χ2v) is 10.1. The van der Waals surface area contributed by atoms with Gasteiger partial charge in [-0.05, 0) is 69.4 Å². The van der Waals surface area contributed by atoms with Gasteiger partial charge in [0.2, 0.25) is 0 Å². The number of fused-ring (bicyclic) bond motifs is 1. The van der Waals surface area contributed by atoms with Gasteiger partial charge in [-0.15, -0.1) is 11.3 Å². The SMILES string of the molecule is CCOc1cc(C(=O)N2CCC[C@H]2c2nc3ccccc3s2)ccc1OCC(=O)N1CCCCC1. The van der Waals surface area contributed by atoms with Crippen LogP contribution in [0, 0.1) is 0 Å². The number of para-hydroxylation sites is 1. The molecule has 2 aliphatic heterocycles. The highest BCUT2D eigenvalue weighted by Crippen LogP contribution is 2.38. The lowest BCUT2D eigenvalue weighted by atomic mass is 10.1. The van der Waals surface area contributed by atoms with Crippen molar-refractivity contribution in [3.05, 3.63) is 53.0 Å². The Morgan fingerprint density at radius 1 is 1.00 bits per heavy atom. The lowest BCUT2D eigenvalue weighted by Gasteiger charge is -2.26. The van der Waals surface area contributed by atoms with Gasteiger partial charge in [0.1, 0.15) is 5.01 Å². The highest BCUT2D eigenvalue weighted by atomic mass is 32.1. The Bertz CT molecular complexity index is 1170. The summed E-state index contributed by atoms with van der Waals surface area (Å²) < 4.78 is 12.8. The molecule has 2 fully saturated rings. The Hall–Kier alpha value is -3.13. The van der Waals surface area contributed by atoms with Crippen molar-refractivity contribution in [3.8, 4) is 11.5 Å². The molecule has 0 radical (unpaired) electrons. The highest BCUT2D eigenvalue weighted by molar-refractivity contribution is 7.18. The van der Waals surface area contributed by atoms with Crippen LogP contribution < -0.4 is 9.47 Å². The second-order valence-electron chi connectivity index (χ2n) is 9.00. The average Bonchev–Trinajstić information content (AvgIpc) is 3.55. The van der Waals surface area contributed by atoms with E-state index < -0.39 is 0 Å². The minimum absolute atomic E-state index is 0.0111. The number of amides is 2. The van der Waals surface area contributed by atoms with Gasteiger partial charge in [-0.3, -0.25) is 9.59 Å². The predicted octanol–water partition coefficient (Wildman–Crippen LogP) is 5.06. The molecular formula is C27H31N3O4S. The number of nitrogens with zero attached hydrogens (tertiary/aromatic N) is 3. The van der Waals surface area contributed by atoms with Gasteiger partial charge in [0, 0.05) is 25.2 Å². The fourth-order valence-corrected chi connectivity index (χ4v) is 5.98. The largest absolute Gasteiger partial charge is 0.490 e. The van der Waals surface area contributed by atoms with E-state index in [1.54, 1.807) is 29.5 Å². The first-order valence-electron chi connectivity index (χ1n) is 12.5. The maximum Gasteiger partial charge on any atom is 0.260 e. The minimum Gasteiger partial charge on any atom is -0.490 e. The van der Waals surface area contributed by atoms with E-state index in [0.717, 1.165) is 54.0 Å². The monoisotopic (exact) mass is 493 g/mol. The van der Waals surface area contributed by atoms with Crippen LogP contribution in [-0.2, 0) is 4.79 Å². The smallest absolute Gasteiger partial charge is 0.260 e. The molecule has 184 valence electrons. The molecule has 35 heavy (non-hydrogen) atoms. The lowest BCUT2D eigenvalue weighted by molar-refractivity contribution is -0.134. The average molecular weight is 494 g/mol. The summed E-state index contributed by atoms with van der Waals surface area (Å²) in [6.45, 7) is 4.58. The van der Waals surface area contributed by atoms with E-state index in [9.17, 15) is 9.59 Å². The zero-order chi connectivity index (χ0) is 24.2. The molecule has 0 aliphatic carbocycles. The van der Waals surface area contributed by atoms with Crippen LogP contribution in [0.5, 0.6) is 11.5 Å². The van der Waals surface area contributed by atoms with E-state index in [4.69, 9.17) is 14.5 Å². The molecule has 0 unspecified atom stereocenters. The summed E-state index contributed by atoms with van der Waals surface area (Å²) in [6, 6.07) is 13.3. The zero-order valence-corrected chi connectivity index (χ0v) is 20.9. The maximum absolute atomic E-state index is 13.5. The Labute approximate surface area is 209 Å². The topological polar surface area (TPSA) is 72.0 Å². The van der Waals surface area contributed by atoms with E-state index in [-0.39, 0.29) is 24.5 Å². The number of piperidine rings is 1. The summed E-state index contributed by atoms with van der Waals surface area (Å²) in [5.74, 6) is 0.921. The molecular weight excluding hydrogens is 462 g/mol. The molecule has 2 saturated heterocycles. The molecule has 1 aromatic heterocycles. The van der Waals surface area contributed by atoms with Crippen molar-refractivity contribution in [2.45, 2.75) is 45.1 Å². The number of hydrogen-bond donors (Lipinski definition) is 0. The van der Waals surface area contributed by atoms with E-state index in [1.165, 1.54) is 6.42 Å². The summed E-state index contributed by atoms with van der Waals surface area (Å²) in [4.78, 5) is 34.6. The van der Waals surface area contributed by atoms with Gasteiger partial charge in [0.15, 0.2) is 18.1 Å². The summed E-state index contributed by atoms with van der Waals surface area (Å²) in [5, 5.41) is 0.985. The third-order valence-corrected chi connectivity index (χ3v) is 7.80. The maximum atomic E-state index is 13.5. The van der Waals surface area contributed by atoms with Crippen molar-refractivity contribution < 1.29 is 19.1 Å². The van der Waals surface area contributed by atoms with Crippen LogP contribution >= 0.6 is 11.3 Å². The first-order chi connectivity index (χ1) is 17.1. The standard InChI is InChI=1S/C27H31N3O4S/c1-2-33-23-17-19(12-13-22(23)34-18-25(31)29-14-6-3-7-15-29)27(32)30-16-8-10-21(30)26-28-20-9-4-5-11-24(20)35-26/h4-5,9,11-13,17,21H,2-3,6-8,10,14-16,18H2,1H3/t21-/m0/s1. The van der Waals surface area contributed by atoms with Crippen LogP contribution in [0.15, 0.2) is 42.5 Å². The van der Waals surface area contributed by atoms with Crippen LogP contribution in [0.2, 0.25) is 0 Å². The Balaban J connectivity index is 1.31. The Kier molecular flexibility index (Phi) is 7.18. The number of thiazole rings is 1. The van der Waals surface area contributed by atoms with Crippen molar-refractivity contribution in [2.75, 3.05) is 32.8 Å². The molecule has 3 aromatic rings. The van der Waals surface area contributed by atoms with Crippen molar-refractivity contribution in [1.82, 2.24) is 14.8 Å². The third kappa shape index (κ3) is 5.12. The molecule has 3 heterocycles. The number of rotatable bonds is 7. The summed E-state index contributed by atoms with van der Waals surface area (Å²) in [6.07, 6.45) is 5.11. The number of benzene rings is 2. The Morgan fingerprint density at radius 3 is 2.63 bits per heavy atom. The van der Waals surface area contributed by atoms with Crippen LogP contribution in [0.1, 0.15) is 60.4 Å². The van der Waals surface area contributed by atoms with Gasteiger partial charge in [-0.2, -0.15) is 0 Å². The molecule has 5 rings (SSSR count). The fraction of sp³-hybridized carbons (Fsp3) is 0.444. The number of ether oxygens (including phenoxy) is 2. The van der Waals surface area contributed by atoms with Crippen LogP contribution in [-0.4, -0.2) is 59.4 Å². The third-order valence-electron chi connectivity index (χ3n) is 6.66. The van der Waals surface area contributed by atoms with Crippen molar-refractivity contribution in [3.63, 3.8) is 0 Å².